The maximum atomic E-state index is 11.3. The molecule has 1 aliphatic rings. The number of thioether (sulfide) groups is 1. The van der Waals surface area contributed by atoms with Crippen molar-refractivity contribution in [1.29, 1.82) is 5.26 Å². The number of nitrogens with two attached hydrogens (primary N) is 1. The van der Waals surface area contributed by atoms with Crippen LogP contribution in [0.2, 0.25) is 0 Å². The van der Waals surface area contributed by atoms with E-state index in [1.54, 1.807) is 24.3 Å². The topological polar surface area (TPSA) is 126 Å². The zero-order valence-corrected chi connectivity index (χ0v) is 21.6. The summed E-state index contributed by atoms with van der Waals surface area (Å²) in [7, 11) is 0. The molecule has 37 heavy (non-hydrogen) atoms. The zero-order valence-electron chi connectivity index (χ0n) is 20.8. The molecule has 4 rings (SSSR count). The number of nitriles is 1. The van der Waals surface area contributed by atoms with Crippen molar-refractivity contribution >= 4 is 29.2 Å². The molecule has 1 saturated heterocycles. The standard InChI is InChI=1S/C27H30N6O3S/c1-19(34)30-22-8-6-21(7-9-22)25-24(17-28)26(29)32-27(31-25)37-18-20-4-2-5-23(16-20)36-13-3-10-33-11-14-35-15-12-33/h2,4-9,16H,3,10-15,18H2,1H3,(H,30,34)(H2,29,31,32). The highest BCUT2D eigenvalue weighted by Gasteiger charge is 2.15. The first-order chi connectivity index (χ1) is 18.0. The summed E-state index contributed by atoms with van der Waals surface area (Å²) in [5.41, 5.74) is 9.25. The first kappa shape index (κ1) is 26.4. The number of amides is 1. The number of hydrogen-bond donors (Lipinski definition) is 2. The molecule has 3 N–H and O–H groups in total. The molecule has 1 amide bonds. The van der Waals surface area contributed by atoms with Crippen molar-refractivity contribution in [2.45, 2.75) is 24.3 Å². The lowest BCUT2D eigenvalue weighted by molar-refractivity contribution is -0.114. The van der Waals surface area contributed by atoms with Gasteiger partial charge in [-0.3, -0.25) is 9.69 Å². The lowest BCUT2D eigenvalue weighted by Gasteiger charge is -2.26. The normalized spacial score (nSPS) is 13.6. The van der Waals surface area contributed by atoms with Crippen molar-refractivity contribution < 1.29 is 14.3 Å². The maximum Gasteiger partial charge on any atom is 0.221 e. The minimum Gasteiger partial charge on any atom is -0.494 e. The molecule has 0 saturated carbocycles. The molecule has 2 heterocycles. The summed E-state index contributed by atoms with van der Waals surface area (Å²) < 4.78 is 11.4. The smallest absolute Gasteiger partial charge is 0.221 e. The van der Waals surface area contributed by atoms with Crippen LogP contribution in [0.25, 0.3) is 11.3 Å². The van der Waals surface area contributed by atoms with Gasteiger partial charge in [-0.15, -0.1) is 0 Å². The number of hydrogen-bond acceptors (Lipinski definition) is 9. The number of anilines is 2. The fourth-order valence-electron chi connectivity index (χ4n) is 3.93. The molecule has 1 aromatic heterocycles. The Balaban J connectivity index is 1.38. The van der Waals surface area contributed by atoms with Gasteiger partial charge in [0.1, 0.15) is 23.2 Å². The van der Waals surface area contributed by atoms with Gasteiger partial charge >= 0.3 is 0 Å². The van der Waals surface area contributed by atoms with Crippen molar-refractivity contribution in [3.8, 4) is 23.1 Å². The average Bonchev–Trinajstić information content (AvgIpc) is 2.90. The summed E-state index contributed by atoms with van der Waals surface area (Å²) in [6.07, 6.45) is 0.964. The molecule has 2 aromatic carbocycles. The third-order valence-electron chi connectivity index (χ3n) is 5.76. The second kappa shape index (κ2) is 13.1. The Morgan fingerprint density at radius 1 is 1.22 bits per heavy atom. The predicted octanol–water partition coefficient (Wildman–Crippen LogP) is 3.95. The summed E-state index contributed by atoms with van der Waals surface area (Å²) in [5, 5.41) is 12.8. The molecule has 10 heteroatoms. The highest BCUT2D eigenvalue weighted by molar-refractivity contribution is 7.98. The van der Waals surface area contributed by atoms with Crippen molar-refractivity contribution in [3.05, 3.63) is 59.7 Å². The number of carbonyl (C=O) groups excluding carboxylic acids is 1. The number of rotatable bonds is 10. The number of nitrogen functional groups attached to an aromatic ring is 1. The molecule has 0 atom stereocenters. The van der Waals surface area contributed by atoms with Gasteiger partial charge in [0.25, 0.3) is 0 Å². The number of carbonyl (C=O) groups is 1. The predicted molar refractivity (Wildman–Crippen MR) is 144 cm³/mol. The third-order valence-corrected chi connectivity index (χ3v) is 6.68. The largest absolute Gasteiger partial charge is 0.494 e. The minimum atomic E-state index is -0.155. The van der Waals surface area contributed by atoms with Crippen molar-refractivity contribution in [1.82, 2.24) is 14.9 Å². The van der Waals surface area contributed by atoms with Crippen LogP contribution >= 0.6 is 11.8 Å². The van der Waals surface area contributed by atoms with Crippen LogP contribution in [-0.4, -0.2) is 60.2 Å². The molecular weight excluding hydrogens is 488 g/mol. The third kappa shape index (κ3) is 7.67. The second-order valence-corrected chi connectivity index (χ2v) is 9.52. The summed E-state index contributed by atoms with van der Waals surface area (Å²) in [4.78, 5) is 22.6. The van der Waals surface area contributed by atoms with Gasteiger partial charge in [-0.05, 0) is 36.2 Å². The Labute approximate surface area is 221 Å². The van der Waals surface area contributed by atoms with Crippen molar-refractivity contribution in [3.63, 3.8) is 0 Å². The second-order valence-electron chi connectivity index (χ2n) is 8.58. The highest BCUT2D eigenvalue weighted by Crippen LogP contribution is 2.30. The first-order valence-corrected chi connectivity index (χ1v) is 13.1. The Morgan fingerprint density at radius 3 is 2.73 bits per heavy atom. The van der Waals surface area contributed by atoms with E-state index in [9.17, 15) is 10.1 Å². The van der Waals surface area contributed by atoms with Gasteiger partial charge in [-0.2, -0.15) is 5.26 Å². The van der Waals surface area contributed by atoms with E-state index in [1.165, 1.54) is 18.7 Å². The molecule has 1 fully saturated rings. The molecule has 3 aromatic rings. The minimum absolute atomic E-state index is 0.137. The number of morpholine rings is 1. The SMILES string of the molecule is CC(=O)Nc1ccc(-c2nc(SCc3cccc(OCCCN4CCOCC4)c3)nc(N)c2C#N)cc1. The molecule has 0 radical (unpaired) electrons. The van der Waals surface area contributed by atoms with Gasteiger partial charge in [-0.1, -0.05) is 36.0 Å². The molecular formula is C27H30N6O3S. The van der Waals surface area contributed by atoms with Crippen LogP contribution in [0.1, 0.15) is 24.5 Å². The summed E-state index contributed by atoms with van der Waals surface area (Å²) in [5.74, 6) is 1.44. The quantitative estimate of drug-likeness (QED) is 0.233. The number of ether oxygens (including phenoxy) is 2. The van der Waals surface area contributed by atoms with Crippen LogP contribution < -0.4 is 15.8 Å². The first-order valence-electron chi connectivity index (χ1n) is 12.1. The van der Waals surface area contributed by atoms with E-state index in [1.807, 2.05) is 24.3 Å². The Hall–Kier alpha value is -3.65. The van der Waals surface area contributed by atoms with E-state index in [0.29, 0.717) is 34.5 Å². The molecule has 0 unspecified atom stereocenters. The molecule has 0 aliphatic carbocycles. The van der Waals surface area contributed by atoms with Crippen LogP contribution in [0, 0.1) is 11.3 Å². The lowest BCUT2D eigenvalue weighted by Crippen LogP contribution is -2.37. The van der Waals surface area contributed by atoms with Gasteiger partial charge in [-0.25, -0.2) is 9.97 Å². The molecule has 9 nitrogen and oxygen atoms in total. The van der Waals surface area contributed by atoms with E-state index in [2.05, 4.69) is 26.3 Å². The van der Waals surface area contributed by atoms with E-state index in [0.717, 1.165) is 50.6 Å². The number of benzene rings is 2. The van der Waals surface area contributed by atoms with Crippen LogP contribution in [0.3, 0.4) is 0 Å². The fraction of sp³-hybridized carbons (Fsp3) is 0.333. The van der Waals surface area contributed by atoms with Crippen LogP contribution in [0.15, 0.2) is 53.7 Å². The van der Waals surface area contributed by atoms with E-state index in [4.69, 9.17) is 15.2 Å². The number of nitrogens with zero attached hydrogens (tertiary/aromatic N) is 4. The fourth-order valence-corrected chi connectivity index (χ4v) is 4.73. The average molecular weight is 519 g/mol. The Morgan fingerprint density at radius 2 is 2.00 bits per heavy atom. The molecule has 192 valence electrons. The summed E-state index contributed by atoms with van der Waals surface area (Å²) in [6, 6.07) is 17.2. The summed E-state index contributed by atoms with van der Waals surface area (Å²) >= 11 is 1.44. The lowest BCUT2D eigenvalue weighted by atomic mass is 10.1. The van der Waals surface area contributed by atoms with Crippen LogP contribution in [0.4, 0.5) is 11.5 Å². The van der Waals surface area contributed by atoms with Crippen molar-refractivity contribution in [2.75, 3.05) is 50.5 Å². The van der Waals surface area contributed by atoms with Gasteiger partial charge in [0.2, 0.25) is 5.91 Å². The van der Waals surface area contributed by atoms with E-state index in [-0.39, 0.29) is 17.3 Å². The zero-order chi connectivity index (χ0) is 26.0. The van der Waals surface area contributed by atoms with Gasteiger partial charge in [0, 0.05) is 43.6 Å². The highest BCUT2D eigenvalue weighted by atomic mass is 32.2. The monoisotopic (exact) mass is 518 g/mol. The number of nitrogens with one attached hydrogen (secondary N) is 1. The number of aromatic nitrogens is 2. The van der Waals surface area contributed by atoms with Gasteiger partial charge < -0.3 is 20.5 Å². The van der Waals surface area contributed by atoms with Gasteiger partial charge in [0.15, 0.2) is 5.16 Å². The summed E-state index contributed by atoms with van der Waals surface area (Å²) in [6.45, 7) is 6.70. The van der Waals surface area contributed by atoms with Crippen LogP contribution in [-0.2, 0) is 15.3 Å². The van der Waals surface area contributed by atoms with Crippen molar-refractivity contribution in [2.24, 2.45) is 0 Å². The van der Waals surface area contributed by atoms with E-state index >= 15 is 0 Å². The molecule has 0 spiro atoms. The maximum absolute atomic E-state index is 11.3. The molecule has 1 aliphatic heterocycles. The van der Waals surface area contributed by atoms with Gasteiger partial charge in [0.05, 0.1) is 25.5 Å². The molecule has 0 bridgehead atoms. The van der Waals surface area contributed by atoms with Crippen LogP contribution in [0.5, 0.6) is 5.75 Å². The van der Waals surface area contributed by atoms with E-state index < -0.39 is 0 Å². The Bertz CT molecular complexity index is 1260. The Kier molecular flexibility index (Phi) is 9.32.